The van der Waals surface area contributed by atoms with E-state index >= 15 is 0 Å². The summed E-state index contributed by atoms with van der Waals surface area (Å²) in [4.78, 5) is 13.5. The first-order chi connectivity index (χ1) is 8.38. The van der Waals surface area contributed by atoms with Gasteiger partial charge in [-0.25, -0.2) is 9.79 Å². The summed E-state index contributed by atoms with van der Waals surface area (Å²) in [5, 5.41) is 0. The van der Waals surface area contributed by atoms with Crippen molar-refractivity contribution in [2.45, 2.75) is 25.5 Å². The van der Waals surface area contributed by atoms with Gasteiger partial charge in [-0.3, -0.25) is 0 Å². The van der Waals surface area contributed by atoms with E-state index in [0.717, 1.165) is 30.8 Å². The van der Waals surface area contributed by atoms with Crippen LogP contribution in [0.3, 0.4) is 0 Å². The Hall–Kier alpha value is -1.64. The van der Waals surface area contributed by atoms with E-state index in [1.807, 2.05) is 24.3 Å². The molecule has 90 valence electrons. The quantitative estimate of drug-likeness (QED) is 0.591. The van der Waals surface area contributed by atoms with Crippen LogP contribution in [0.4, 0.5) is 0 Å². The summed E-state index contributed by atoms with van der Waals surface area (Å²) in [5.74, 6) is 0.833. The van der Waals surface area contributed by atoms with E-state index in [4.69, 9.17) is 9.47 Å². The summed E-state index contributed by atoms with van der Waals surface area (Å²) in [6, 6.07) is 7.59. The van der Waals surface area contributed by atoms with Gasteiger partial charge in [0.05, 0.1) is 13.2 Å². The van der Waals surface area contributed by atoms with Crippen molar-refractivity contribution in [2.75, 3.05) is 13.2 Å². The number of hydrogen-bond acceptors (Lipinski definition) is 4. The second kappa shape index (κ2) is 6.18. The summed E-state index contributed by atoms with van der Waals surface area (Å²) in [6.07, 6.45) is 3.77. The topological polar surface area (TPSA) is 47.9 Å². The van der Waals surface area contributed by atoms with Gasteiger partial charge < -0.3 is 9.47 Å². The second-order valence-electron chi connectivity index (χ2n) is 4.01. The third-order valence-corrected chi connectivity index (χ3v) is 2.67. The van der Waals surface area contributed by atoms with E-state index < -0.39 is 0 Å². The molecule has 0 bridgehead atoms. The summed E-state index contributed by atoms with van der Waals surface area (Å²) >= 11 is 0. The molecule has 1 aromatic carbocycles. The van der Waals surface area contributed by atoms with Gasteiger partial charge in [-0.15, -0.1) is 0 Å². The van der Waals surface area contributed by atoms with Crippen LogP contribution >= 0.6 is 0 Å². The Labute approximate surface area is 100 Å². The van der Waals surface area contributed by atoms with Crippen molar-refractivity contribution in [1.29, 1.82) is 0 Å². The van der Waals surface area contributed by atoms with Gasteiger partial charge in [0, 0.05) is 6.61 Å². The molecule has 1 aromatic rings. The lowest BCUT2D eigenvalue weighted by molar-refractivity contribution is 0.00742. The zero-order valence-corrected chi connectivity index (χ0v) is 9.59. The van der Waals surface area contributed by atoms with Gasteiger partial charge in [-0.05, 0) is 30.5 Å². The fourth-order valence-electron chi connectivity index (χ4n) is 1.79. The van der Waals surface area contributed by atoms with Gasteiger partial charge >= 0.3 is 0 Å². The van der Waals surface area contributed by atoms with Gasteiger partial charge in [-0.1, -0.05) is 12.1 Å². The van der Waals surface area contributed by atoms with Crippen molar-refractivity contribution in [2.24, 2.45) is 4.99 Å². The lowest BCUT2D eigenvalue weighted by Crippen LogP contribution is -2.27. The highest BCUT2D eigenvalue weighted by Crippen LogP contribution is 2.18. The van der Waals surface area contributed by atoms with Crippen LogP contribution in [-0.4, -0.2) is 25.4 Å². The monoisotopic (exact) mass is 233 g/mol. The van der Waals surface area contributed by atoms with Crippen LogP contribution in [0.1, 0.15) is 18.4 Å². The maximum atomic E-state index is 9.98. The highest BCUT2D eigenvalue weighted by atomic mass is 16.5. The maximum absolute atomic E-state index is 9.98. The molecule has 0 aliphatic carbocycles. The molecule has 4 heteroatoms. The van der Waals surface area contributed by atoms with Crippen LogP contribution in [0.5, 0.6) is 5.75 Å². The van der Waals surface area contributed by atoms with Crippen molar-refractivity contribution < 1.29 is 14.3 Å². The van der Waals surface area contributed by atoms with Crippen molar-refractivity contribution in [1.82, 2.24) is 0 Å². The SMILES string of the molecule is O=C=NCc1ccc(OC2CCCOC2)cc1. The highest BCUT2D eigenvalue weighted by molar-refractivity contribution is 5.34. The van der Waals surface area contributed by atoms with Crippen molar-refractivity contribution in [3.8, 4) is 5.75 Å². The molecular weight excluding hydrogens is 218 g/mol. The minimum Gasteiger partial charge on any atom is -0.488 e. The molecular formula is C13H15NO3. The standard InChI is InChI=1S/C13H15NO3/c15-10-14-8-11-3-5-12(6-4-11)17-13-2-1-7-16-9-13/h3-6,13H,1-2,7-9H2. The first kappa shape index (κ1) is 11.8. The average Bonchev–Trinajstić information content (AvgIpc) is 2.39. The minimum atomic E-state index is 0.155. The molecule has 1 unspecified atom stereocenters. The summed E-state index contributed by atoms with van der Waals surface area (Å²) in [5.41, 5.74) is 0.973. The Morgan fingerprint density at radius 3 is 2.88 bits per heavy atom. The Bertz CT molecular complexity index is 390. The number of hydrogen-bond donors (Lipinski definition) is 0. The molecule has 1 heterocycles. The predicted molar refractivity (Wildman–Crippen MR) is 62.7 cm³/mol. The summed E-state index contributed by atoms with van der Waals surface area (Å²) < 4.78 is 11.1. The van der Waals surface area contributed by atoms with Crippen LogP contribution in [-0.2, 0) is 16.1 Å². The van der Waals surface area contributed by atoms with Crippen LogP contribution in [0.15, 0.2) is 29.3 Å². The first-order valence-electron chi connectivity index (χ1n) is 5.75. The predicted octanol–water partition coefficient (Wildman–Crippen LogP) is 2.08. The molecule has 0 aromatic heterocycles. The third-order valence-electron chi connectivity index (χ3n) is 2.67. The van der Waals surface area contributed by atoms with E-state index in [2.05, 4.69) is 4.99 Å². The Balaban J connectivity index is 1.90. The van der Waals surface area contributed by atoms with E-state index in [-0.39, 0.29) is 6.10 Å². The fourth-order valence-corrected chi connectivity index (χ4v) is 1.79. The third kappa shape index (κ3) is 3.70. The summed E-state index contributed by atoms with van der Waals surface area (Å²) in [7, 11) is 0. The van der Waals surface area contributed by atoms with Gasteiger partial charge in [0.1, 0.15) is 11.9 Å². The van der Waals surface area contributed by atoms with Crippen molar-refractivity contribution >= 4 is 6.08 Å². The van der Waals surface area contributed by atoms with E-state index in [0.29, 0.717) is 13.2 Å². The van der Waals surface area contributed by atoms with Crippen LogP contribution in [0.2, 0.25) is 0 Å². The first-order valence-corrected chi connectivity index (χ1v) is 5.75. The minimum absolute atomic E-state index is 0.155. The number of aliphatic imine (C=N–C) groups is 1. The number of isocyanates is 1. The molecule has 0 saturated carbocycles. The molecule has 0 spiro atoms. The average molecular weight is 233 g/mol. The lowest BCUT2D eigenvalue weighted by Gasteiger charge is -2.23. The van der Waals surface area contributed by atoms with Gasteiger partial charge in [0.25, 0.3) is 0 Å². The molecule has 4 nitrogen and oxygen atoms in total. The largest absolute Gasteiger partial charge is 0.488 e. The molecule has 0 N–H and O–H groups in total. The van der Waals surface area contributed by atoms with E-state index in [1.165, 1.54) is 6.08 Å². The maximum Gasteiger partial charge on any atom is 0.235 e. The molecule has 0 radical (unpaired) electrons. The number of ether oxygens (including phenoxy) is 2. The number of benzene rings is 1. The van der Waals surface area contributed by atoms with Gasteiger partial charge in [0.15, 0.2) is 0 Å². The van der Waals surface area contributed by atoms with Crippen molar-refractivity contribution in [3.05, 3.63) is 29.8 Å². The number of carbonyl (C=O) groups excluding carboxylic acids is 1. The van der Waals surface area contributed by atoms with E-state index in [1.54, 1.807) is 0 Å². The van der Waals surface area contributed by atoms with Gasteiger partial charge in [-0.2, -0.15) is 0 Å². The van der Waals surface area contributed by atoms with Gasteiger partial charge in [0.2, 0.25) is 6.08 Å². The molecule has 1 atom stereocenters. The molecule has 1 aliphatic heterocycles. The Morgan fingerprint density at radius 2 is 2.24 bits per heavy atom. The Morgan fingerprint density at radius 1 is 1.41 bits per heavy atom. The lowest BCUT2D eigenvalue weighted by atomic mass is 10.1. The molecule has 1 fully saturated rings. The highest BCUT2D eigenvalue weighted by Gasteiger charge is 2.14. The second-order valence-corrected chi connectivity index (χ2v) is 4.01. The number of nitrogens with zero attached hydrogens (tertiary/aromatic N) is 1. The van der Waals surface area contributed by atoms with Crippen LogP contribution < -0.4 is 4.74 Å². The number of rotatable bonds is 4. The normalized spacial score (nSPS) is 19.4. The summed E-state index contributed by atoms with van der Waals surface area (Å²) in [6.45, 7) is 1.87. The molecule has 17 heavy (non-hydrogen) atoms. The van der Waals surface area contributed by atoms with Crippen LogP contribution in [0, 0.1) is 0 Å². The fraction of sp³-hybridized carbons (Fsp3) is 0.462. The van der Waals surface area contributed by atoms with E-state index in [9.17, 15) is 4.79 Å². The van der Waals surface area contributed by atoms with Crippen LogP contribution in [0.25, 0.3) is 0 Å². The zero-order chi connectivity index (χ0) is 11.9. The smallest absolute Gasteiger partial charge is 0.235 e. The molecule has 1 aliphatic rings. The molecule has 1 saturated heterocycles. The van der Waals surface area contributed by atoms with Crippen molar-refractivity contribution in [3.63, 3.8) is 0 Å². The Kier molecular flexibility index (Phi) is 4.30. The molecule has 0 amide bonds. The zero-order valence-electron chi connectivity index (χ0n) is 9.59. The molecule has 2 rings (SSSR count).